The first-order chi connectivity index (χ1) is 16.2. The number of fused-ring (bicyclic) bond motifs is 1. The largest absolute Gasteiger partial charge is 0.206 e. The van der Waals surface area contributed by atoms with Crippen LogP contribution < -0.4 is 0 Å². The molecule has 170 valence electrons. The number of benzene rings is 3. The minimum atomic E-state index is -0.0683. The Morgan fingerprint density at radius 2 is 1.61 bits per heavy atom. The summed E-state index contributed by atoms with van der Waals surface area (Å²) in [5.74, 6) is 7.83. The van der Waals surface area contributed by atoms with Gasteiger partial charge in [-0.15, -0.1) is 6.58 Å². The summed E-state index contributed by atoms with van der Waals surface area (Å²) < 4.78 is 15.0. The minimum absolute atomic E-state index is 0.0683. The number of rotatable bonds is 7. The molecule has 1 saturated carbocycles. The highest BCUT2D eigenvalue weighted by atomic mass is 19.1. The monoisotopic (exact) mass is 438 g/mol. The van der Waals surface area contributed by atoms with E-state index in [4.69, 9.17) is 0 Å². The maximum atomic E-state index is 15.0. The molecule has 1 aliphatic rings. The molecule has 0 atom stereocenters. The third kappa shape index (κ3) is 5.94. The molecular weight excluding hydrogens is 403 g/mol. The van der Waals surface area contributed by atoms with Crippen LogP contribution in [0.25, 0.3) is 10.8 Å². The van der Waals surface area contributed by atoms with Gasteiger partial charge in [0.15, 0.2) is 0 Å². The maximum absolute atomic E-state index is 15.0. The van der Waals surface area contributed by atoms with Gasteiger partial charge < -0.3 is 0 Å². The zero-order valence-corrected chi connectivity index (χ0v) is 19.9. The number of unbranched alkanes of at least 4 members (excludes halogenated alkanes) is 3. The van der Waals surface area contributed by atoms with Crippen molar-refractivity contribution in [3.05, 3.63) is 95.3 Å². The molecule has 0 unspecified atom stereocenters. The highest BCUT2D eigenvalue weighted by Crippen LogP contribution is 2.36. The van der Waals surface area contributed by atoms with E-state index in [2.05, 4.69) is 55.7 Å². The Labute approximate surface area is 198 Å². The molecule has 0 N–H and O–H groups in total. The second kappa shape index (κ2) is 11.3. The minimum Gasteiger partial charge on any atom is -0.206 e. The molecule has 3 aromatic rings. The Morgan fingerprint density at radius 1 is 0.879 bits per heavy atom. The average molecular weight is 439 g/mol. The van der Waals surface area contributed by atoms with Gasteiger partial charge >= 0.3 is 0 Å². The Morgan fingerprint density at radius 3 is 2.33 bits per heavy atom. The van der Waals surface area contributed by atoms with E-state index >= 15 is 0 Å². The lowest BCUT2D eigenvalue weighted by atomic mass is 9.79. The van der Waals surface area contributed by atoms with Crippen LogP contribution in [0, 0.1) is 23.6 Å². The van der Waals surface area contributed by atoms with Crippen molar-refractivity contribution in [1.29, 1.82) is 0 Å². The molecule has 1 aliphatic carbocycles. The molecule has 0 radical (unpaired) electrons. The number of aryl methyl sites for hydroxylation is 1. The summed E-state index contributed by atoms with van der Waals surface area (Å²) in [4.78, 5) is 0. The summed E-state index contributed by atoms with van der Waals surface area (Å²) in [6.45, 7) is 6.14. The molecule has 0 saturated heterocycles. The molecule has 0 aliphatic heterocycles. The van der Waals surface area contributed by atoms with Crippen LogP contribution in [0.1, 0.15) is 86.5 Å². The van der Waals surface area contributed by atoms with Gasteiger partial charge in [-0.1, -0.05) is 74.4 Å². The van der Waals surface area contributed by atoms with E-state index in [1.807, 2.05) is 30.3 Å². The van der Waals surface area contributed by atoms with Crippen molar-refractivity contribution in [3.63, 3.8) is 0 Å². The molecule has 4 rings (SSSR count). The summed E-state index contributed by atoms with van der Waals surface area (Å²) in [5.41, 5.74) is 4.20. The van der Waals surface area contributed by atoms with Crippen molar-refractivity contribution < 1.29 is 4.39 Å². The quantitative estimate of drug-likeness (QED) is 0.196. The molecule has 0 aromatic heterocycles. The van der Waals surface area contributed by atoms with E-state index in [1.165, 1.54) is 50.5 Å². The number of allylic oxidation sites excluding steroid dienone is 1. The van der Waals surface area contributed by atoms with E-state index in [1.54, 1.807) is 0 Å². The first kappa shape index (κ1) is 23.3. The second-order valence-electron chi connectivity index (χ2n) is 9.50. The van der Waals surface area contributed by atoms with Crippen molar-refractivity contribution in [2.75, 3.05) is 0 Å². The summed E-state index contributed by atoms with van der Waals surface area (Å²) in [6, 6.07) is 18.5. The number of hydrogen-bond acceptors (Lipinski definition) is 0. The first-order valence-electron chi connectivity index (χ1n) is 12.6. The molecule has 0 spiro atoms. The smallest absolute Gasteiger partial charge is 0.134 e. The van der Waals surface area contributed by atoms with Gasteiger partial charge in [-0.3, -0.25) is 0 Å². The lowest BCUT2D eigenvalue weighted by Gasteiger charge is -2.26. The topological polar surface area (TPSA) is 0 Å². The molecule has 33 heavy (non-hydrogen) atoms. The van der Waals surface area contributed by atoms with E-state index in [0.717, 1.165) is 34.9 Å². The fourth-order valence-electron chi connectivity index (χ4n) is 5.02. The SMILES string of the molecule is C=CC1CCC(c2ccc(C#Cc3ccc4c(F)c(CCCCCC)ccc4c3)cc2)CC1. The Hall–Kier alpha value is -2.85. The fraction of sp³-hybridized carbons (Fsp3) is 0.375. The number of hydrogen-bond donors (Lipinski definition) is 0. The third-order valence-corrected chi connectivity index (χ3v) is 7.17. The molecule has 0 heterocycles. The van der Waals surface area contributed by atoms with Gasteiger partial charge in [-0.25, -0.2) is 4.39 Å². The van der Waals surface area contributed by atoms with Gasteiger partial charge in [-0.2, -0.15) is 0 Å². The predicted octanol–water partition coefficient (Wildman–Crippen LogP) is 8.96. The molecule has 1 fully saturated rings. The third-order valence-electron chi connectivity index (χ3n) is 7.17. The molecular formula is C32H35F. The highest BCUT2D eigenvalue weighted by Gasteiger charge is 2.20. The van der Waals surface area contributed by atoms with Crippen molar-refractivity contribution in [1.82, 2.24) is 0 Å². The molecule has 0 nitrogen and oxygen atoms in total. The van der Waals surface area contributed by atoms with E-state index in [9.17, 15) is 4.39 Å². The number of halogens is 1. The van der Waals surface area contributed by atoms with Crippen LogP contribution >= 0.6 is 0 Å². The van der Waals surface area contributed by atoms with Crippen molar-refractivity contribution >= 4 is 10.8 Å². The van der Waals surface area contributed by atoms with Crippen LogP contribution in [0.4, 0.5) is 4.39 Å². The van der Waals surface area contributed by atoms with Crippen LogP contribution in [-0.2, 0) is 6.42 Å². The maximum Gasteiger partial charge on any atom is 0.134 e. The first-order valence-corrected chi connectivity index (χ1v) is 12.6. The van der Waals surface area contributed by atoms with Crippen molar-refractivity contribution in [2.45, 2.75) is 70.6 Å². The Bertz CT molecular complexity index is 1130. The normalized spacial score (nSPS) is 18.0. The Balaban J connectivity index is 1.43. The van der Waals surface area contributed by atoms with E-state index < -0.39 is 0 Å². The lowest BCUT2D eigenvalue weighted by Crippen LogP contribution is -2.11. The van der Waals surface area contributed by atoms with Gasteiger partial charge in [0.05, 0.1) is 0 Å². The second-order valence-corrected chi connectivity index (χ2v) is 9.50. The molecule has 0 bridgehead atoms. The van der Waals surface area contributed by atoms with Gasteiger partial charge in [0.2, 0.25) is 0 Å². The van der Waals surface area contributed by atoms with E-state index in [-0.39, 0.29) is 5.82 Å². The van der Waals surface area contributed by atoms with Crippen LogP contribution in [-0.4, -0.2) is 0 Å². The summed E-state index contributed by atoms with van der Waals surface area (Å²) >= 11 is 0. The molecule has 3 aromatic carbocycles. The van der Waals surface area contributed by atoms with Crippen molar-refractivity contribution in [3.8, 4) is 11.8 Å². The highest BCUT2D eigenvalue weighted by molar-refractivity contribution is 5.85. The standard InChI is InChI=1S/C32H35F/c1-3-5-6-7-8-29-20-21-30-23-26(15-22-31(30)32(29)33)10-9-25-13-18-28(19-14-25)27-16-11-24(4-2)12-17-27/h4,13-15,18-24,27H,2-3,5-8,11-12,16-17H2,1H3. The summed E-state index contributed by atoms with van der Waals surface area (Å²) in [7, 11) is 0. The van der Waals surface area contributed by atoms with Crippen molar-refractivity contribution in [2.24, 2.45) is 5.92 Å². The zero-order chi connectivity index (χ0) is 23.0. The van der Waals surface area contributed by atoms with Gasteiger partial charge in [-0.05, 0) is 91.1 Å². The van der Waals surface area contributed by atoms with Crippen LogP contribution in [0.5, 0.6) is 0 Å². The van der Waals surface area contributed by atoms with Gasteiger partial charge in [0, 0.05) is 16.5 Å². The summed E-state index contributed by atoms with van der Waals surface area (Å²) in [6.07, 6.45) is 12.6. The van der Waals surface area contributed by atoms with Crippen LogP contribution in [0.3, 0.4) is 0 Å². The van der Waals surface area contributed by atoms with E-state index in [0.29, 0.717) is 17.2 Å². The fourth-order valence-corrected chi connectivity index (χ4v) is 5.02. The molecule has 1 heteroatoms. The lowest BCUT2D eigenvalue weighted by molar-refractivity contribution is 0.376. The van der Waals surface area contributed by atoms with Gasteiger partial charge in [0.25, 0.3) is 0 Å². The molecule has 0 amide bonds. The van der Waals surface area contributed by atoms with Crippen LogP contribution in [0.15, 0.2) is 67.3 Å². The summed E-state index contributed by atoms with van der Waals surface area (Å²) in [5, 5.41) is 1.62. The average Bonchev–Trinajstić information content (AvgIpc) is 2.87. The van der Waals surface area contributed by atoms with Crippen LogP contribution in [0.2, 0.25) is 0 Å². The van der Waals surface area contributed by atoms with Gasteiger partial charge in [0.1, 0.15) is 5.82 Å². The predicted molar refractivity (Wildman–Crippen MR) is 139 cm³/mol. The Kier molecular flexibility index (Phi) is 8.01. The zero-order valence-electron chi connectivity index (χ0n) is 19.9.